The predicted octanol–water partition coefficient (Wildman–Crippen LogP) is 2.17. The van der Waals surface area contributed by atoms with Gasteiger partial charge < -0.3 is 10.4 Å². The molecule has 0 bridgehead atoms. The smallest absolute Gasteiger partial charge is 0.234 e. The van der Waals surface area contributed by atoms with Crippen molar-refractivity contribution in [2.24, 2.45) is 0 Å². The molecule has 1 aromatic carbocycles. The summed E-state index contributed by atoms with van der Waals surface area (Å²) in [4.78, 5) is 14.1. The van der Waals surface area contributed by atoms with E-state index >= 15 is 0 Å². The van der Waals surface area contributed by atoms with Gasteiger partial charge in [-0.15, -0.1) is 0 Å². The summed E-state index contributed by atoms with van der Waals surface area (Å²) < 4.78 is 0. The summed E-state index contributed by atoms with van der Waals surface area (Å²) in [5.74, 6) is 0.314. The van der Waals surface area contributed by atoms with E-state index < -0.39 is 0 Å². The lowest BCUT2D eigenvalue weighted by Crippen LogP contribution is -2.49. The molecule has 1 amide bonds. The van der Waals surface area contributed by atoms with Crippen molar-refractivity contribution in [2.45, 2.75) is 39.7 Å². The van der Waals surface area contributed by atoms with Crippen molar-refractivity contribution in [2.75, 3.05) is 19.6 Å². The first-order valence-corrected chi connectivity index (χ1v) is 7.17. The fourth-order valence-electron chi connectivity index (χ4n) is 2.24. The van der Waals surface area contributed by atoms with Crippen molar-refractivity contribution in [3.05, 3.63) is 29.8 Å². The monoisotopic (exact) mass is 278 g/mol. The van der Waals surface area contributed by atoms with Crippen molar-refractivity contribution in [3.8, 4) is 5.75 Å². The summed E-state index contributed by atoms with van der Waals surface area (Å²) in [6.07, 6.45) is 0.733. The van der Waals surface area contributed by atoms with Gasteiger partial charge in [-0.1, -0.05) is 26.0 Å². The van der Waals surface area contributed by atoms with Crippen LogP contribution in [0.25, 0.3) is 0 Å². The number of amides is 1. The molecule has 2 N–H and O–H groups in total. The van der Waals surface area contributed by atoms with Crippen molar-refractivity contribution in [1.29, 1.82) is 0 Å². The molecule has 0 unspecified atom stereocenters. The van der Waals surface area contributed by atoms with Gasteiger partial charge in [0.25, 0.3) is 0 Å². The average Bonchev–Trinajstić information content (AvgIpc) is 2.37. The highest BCUT2D eigenvalue weighted by atomic mass is 16.3. The topological polar surface area (TPSA) is 52.6 Å². The number of likely N-dealkylation sites (N-methyl/N-ethyl adjacent to an activating group) is 1. The van der Waals surface area contributed by atoms with Gasteiger partial charge in [-0.2, -0.15) is 0 Å². The highest BCUT2D eigenvalue weighted by molar-refractivity contribution is 5.78. The number of phenolic OH excluding ortho intramolecular Hbond substituents is 1. The van der Waals surface area contributed by atoms with Crippen LogP contribution in [0.3, 0.4) is 0 Å². The molecular formula is C16H26N2O2. The Morgan fingerprint density at radius 3 is 2.25 bits per heavy atom. The molecule has 20 heavy (non-hydrogen) atoms. The minimum Gasteiger partial charge on any atom is -0.508 e. The molecule has 0 spiro atoms. The second kappa shape index (κ2) is 7.29. The first-order valence-electron chi connectivity index (χ1n) is 7.17. The zero-order valence-corrected chi connectivity index (χ0v) is 12.9. The molecule has 0 fully saturated rings. The first kappa shape index (κ1) is 16.5. The van der Waals surface area contributed by atoms with Crippen LogP contribution in [0.15, 0.2) is 24.3 Å². The van der Waals surface area contributed by atoms with Gasteiger partial charge in [0.05, 0.1) is 6.54 Å². The largest absolute Gasteiger partial charge is 0.508 e. The molecule has 0 aliphatic heterocycles. The third-order valence-electron chi connectivity index (χ3n) is 3.32. The molecule has 0 atom stereocenters. The van der Waals surface area contributed by atoms with Gasteiger partial charge in [0.2, 0.25) is 5.91 Å². The van der Waals surface area contributed by atoms with Gasteiger partial charge >= 0.3 is 0 Å². The Kier molecular flexibility index (Phi) is 6.02. The van der Waals surface area contributed by atoms with E-state index in [1.807, 2.05) is 26.0 Å². The van der Waals surface area contributed by atoms with E-state index in [4.69, 9.17) is 0 Å². The van der Waals surface area contributed by atoms with Crippen LogP contribution >= 0.6 is 0 Å². The Balaban J connectivity index is 2.56. The molecule has 4 nitrogen and oxygen atoms in total. The summed E-state index contributed by atoms with van der Waals surface area (Å²) in [6.45, 7) is 10.3. The summed E-state index contributed by atoms with van der Waals surface area (Å²) in [5, 5.41) is 12.4. The number of phenols is 1. The number of nitrogens with one attached hydrogen (secondary N) is 1. The molecule has 1 rings (SSSR count). The Morgan fingerprint density at radius 2 is 1.75 bits per heavy atom. The predicted molar refractivity (Wildman–Crippen MR) is 81.8 cm³/mol. The van der Waals surface area contributed by atoms with Crippen LogP contribution < -0.4 is 5.32 Å². The second-order valence-electron chi connectivity index (χ2n) is 5.74. The van der Waals surface area contributed by atoms with Gasteiger partial charge in [-0.05, 0) is 51.1 Å². The summed E-state index contributed by atoms with van der Waals surface area (Å²) in [5.41, 5.74) is 0.789. The van der Waals surface area contributed by atoms with Gasteiger partial charge in [-0.3, -0.25) is 9.69 Å². The van der Waals surface area contributed by atoms with E-state index in [1.165, 1.54) is 0 Å². The number of rotatable bonds is 7. The fourth-order valence-corrected chi connectivity index (χ4v) is 2.24. The van der Waals surface area contributed by atoms with Gasteiger partial charge in [0.15, 0.2) is 0 Å². The van der Waals surface area contributed by atoms with Crippen molar-refractivity contribution >= 4 is 5.91 Å². The van der Waals surface area contributed by atoms with Gasteiger partial charge in [0.1, 0.15) is 5.75 Å². The second-order valence-corrected chi connectivity index (χ2v) is 5.74. The molecule has 0 aliphatic carbocycles. The van der Waals surface area contributed by atoms with Crippen LogP contribution in [0, 0.1) is 0 Å². The molecule has 1 aromatic rings. The molecule has 0 radical (unpaired) electrons. The molecule has 4 heteroatoms. The molecule has 0 heterocycles. The number of carbonyl (C=O) groups excluding carboxylic acids is 1. The number of hydrogen-bond donors (Lipinski definition) is 2. The lowest BCUT2D eigenvalue weighted by molar-refractivity contribution is -0.123. The van der Waals surface area contributed by atoms with Crippen LogP contribution in [0.1, 0.15) is 33.3 Å². The lowest BCUT2D eigenvalue weighted by atomic mass is 9.95. The van der Waals surface area contributed by atoms with E-state index in [0.717, 1.165) is 25.1 Å². The maximum Gasteiger partial charge on any atom is 0.234 e. The fraction of sp³-hybridized carbons (Fsp3) is 0.562. The third kappa shape index (κ3) is 5.61. The van der Waals surface area contributed by atoms with Crippen molar-refractivity contribution in [3.63, 3.8) is 0 Å². The maximum absolute atomic E-state index is 12.0. The van der Waals surface area contributed by atoms with Crippen LogP contribution in [0.5, 0.6) is 5.75 Å². The average molecular weight is 278 g/mol. The molecular weight excluding hydrogens is 252 g/mol. The van der Waals surface area contributed by atoms with Crippen LogP contribution in [0.4, 0.5) is 0 Å². The normalized spacial score (nSPS) is 11.7. The third-order valence-corrected chi connectivity index (χ3v) is 3.32. The minimum absolute atomic E-state index is 0.0532. The zero-order chi connectivity index (χ0) is 15.2. The highest BCUT2D eigenvalue weighted by Crippen LogP contribution is 2.16. The Hall–Kier alpha value is -1.55. The molecule has 0 aromatic heterocycles. The van der Waals surface area contributed by atoms with Crippen LogP contribution in [-0.2, 0) is 11.2 Å². The summed E-state index contributed by atoms with van der Waals surface area (Å²) >= 11 is 0. The molecule has 0 saturated carbocycles. The SMILES string of the molecule is CCN(CC)CC(=O)NC(C)(C)Cc1ccc(O)cc1. The molecule has 0 aliphatic rings. The van der Waals surface area contributed by atoms with Crippen molar-refractivity contribution < 1.29 is 9.90 Å². The maximum atomic E-state index is 12.0. The molecule has 0 saturated heterocycles. The Bertz CT molecular complexity index is 423. The van der Waals surface area contributed by atoms with E-state index in [9.17, 15) is 9.90 Å². The van der Waals surface area contributed by atoms with Crippen molar-refractivity contribution in [1.82, 2.24) is 10.2 Å². The summed E-state index contributed by atoms with van der Waals surface area (Å²) in [6, 6.07) is 7.10. The van der Waals surface area contributed by atoms with E-state index in [0.29, 0.717) is 6.54 Å². The standard InChI is InChI=1S/C16H26N2O2/c1-5-18(6-2)12-15(20)17-16(3,4)11-13-7-9-14(19)10-8-13/h7-10,19H,5-6,11-12H2,1-4H3,(H,17,20). The first-order chi connectivity index (χ1) is 9.36. The quantitative estimate of drug-likeness (QED) is 0.803. The van der Waals surface area contributed by atoms with Gasteiger partial charge in [0, 0.05) is 5.54 Å². The number of benzene rings is 1. The zero-order valence-electron chi connectivity index (χ0n) is 12.9. The van der Waals surface area contributed by atoms with Crippen LogP contribution in [-0.4, -0.2) is 41.1 Å². The highest BCUT2D eigenvalue weighted by Gasteiger charge is 2.21. The van der Waals surface area contributed by atoms with E-state index in [-0.39, 0.29) is 17.2 Å². The number of carbonyl (C=O) groups is 1. The minimum atomic E-state index is -0.304. The van der Waals surface area contributed by atoms with E-state index in [2.05, 4.69) is 24.1 Å². The Labute approximate surface area is 121 Å². The molecule has 112 valence electrons. The van der Waals surface area contributed by atoms with Gasteiger partial charge in [-0.25, -0.2) is 0 Å². The number of nitrogens with zero attached hydrogens (tertiary/aromatic N) is 1. The number of aromatic hydroxyl groups is 1. The number of hydrogen-bond acceptors (Lipinski definition) is 3. The lowest BCUT2D eigenvalue weighted by Gasteiger charge is -2.28. The van der Waals surface area contributed by atoms with Crippen LogP contribution in [0.2, 0.25) is 0 Å². The van der Waals surface area contributed by atoms with E-state index in [1.54, 1.807) is 12.1 Å². The Morgan fingerprint density at radius 1 is 1.20 bits per heavy atom. The summed E-state index contributed by atoms with van der Waals surface area (Å²) in [7, 11) is 0.